The average molecular weight is 304 g/mol. The van der Waals surface area contributed by atoms with Gasteiger partial charge in [-0.25, -0.2) is 4.39 Å². The molecule has 0 unspecified atom stereocenters. The zero-order chi connectivity index (χ0) is 15.0. The molecule has 0 radical (unpaired) electrons. The van der Waals surface area contributed by atoms with E-state index >= 15 is 0 Å². The highest BCUT2D eigenvalue weighted by molar-refractivity contribution is 6.30. The molecule has 0 saturated carbocycles. The molecule has 0 saturated heterocycles. The molecule has 0 aliphatic carbocycles. The van der Waals surface area contributed by atoms with E-state index in [1.807, 2.05) is 19.1 Å². The molecule has 0 aliphatic heterocycles. The second-order valence-corrected chi connectivity index (χ2v) is 5.08. The van der Waals surface area contributed by atoms with Crippen molar-refractivity contribution in [2.24, 2.45) is 0 Å². The Kier molecular flexibility index (Phi) is 3.31. The van der Waals surface area contributed by atoms with Gasteiger partial charge in [-0.05, 0) is 59.3 Å². The van der Waals surface area contributed by atoms with E-state index in [0.29, 0.717) is 22.1 Å². The third-order valence-electron chi connectivity index (χ3n) is 2.97. The normalized spacial score (nSPS) is 10.8. The Labute approximate surface area is 125 Å². The number of aryl methyl sites for hydroxylation is 1. The van der Waals surface area contributed by atoms with Crippen molar-refractivity contribution >= 4 is 17.3 Å². The van der Waals surface area contributed by atoms with Crippen LogP contribution in [0.5, 0.6) is 0 Å². The molecule has 2 N–H and O–H groups in total. The number of benzene rings is 2. The number of nitrogens with two attached hydrogens (primary N) is 1. The largest absolute Gasteiger partial charge is 0.399 e. The van der Waals surface area contributed by atoms with Crippen molar-refractivity contribution in [1.82, 2.24) is 20.2 Å². The van der Waals surface area contributed by atoms with Gasteiger partial charge in [0.2, 0.25) is 0 Å². The Morgan fingerprint density at radius 1 is 1.19 bits per heavy atom. The van der Waals surface area contributed by atoms with Crippen LogP contribution in [-0.4, -0.2) is 20.2 Å². The predicted molar refractivity (Wildman–Crippen MR) is 78.7 cm³/mol. The lowest BCUT2D eigenvalue weighted by molar-refractivity contribution is 0.608. The van der Waals surface area contributed by atoms with Crippen molar-refractivity contribution in [1.29, 1.82) is 0 Å². The molecule has 0 bridgehead atoms. The van der Waals surface area contributed by atoms with Gasteiger partial charge in [-0.1, -0.05) is 11.6 Å². The van der Waals surface area contributed by atoms with Crippen LogP contribution < -0.4 is 5.73 Å². The van der Waals surface area contributed by atoms with Crippen molar-refractivity contribution in [2.45, 2.75) is 6.92 Å². The number of hydrogen-bond donors (Lipinski definition) is 1. The Hall–Kier alpha value is -2.47. The number of anilines is 1. The summed E-state index contributed by atoms with van der Waals surface area (Å²) in [6, 6.07) is 9.77. The Morgan fingerprint density at radius 2 is 2.00 bits per heavy atom. The average Bonchev–Trinajstić information content (AvgIpc) is 2.86. The second kappa shape index (κ2) is 5.14. The molecule has 2 aromatic carbocycles. The Bertz CT molecular complexity index is 795. The molecule has 0 amide bonds. The number of halogens is 2. The maximum absolute atomic E-state index is 14.0. The third kappa shape index (κ3) is 2.57. The molecule has 0 aliphatic rings. The molecule has 1 aromatic heterocycles. The van der Waals surface area contributed by atoms with Crippen molar-refractivity contribution in [3.05, 3.63) is 52.8 Å². The molecule has 0 spiro atoms. The molecule has 3 aromatic rings. The number of nitrogen functional groups attached to an aromatic ring is 1. The fraction of sp³-hybridized carbons (Fsp3) is 0.0714. The molecule has 21 heavy (non-hydrogen) atoms. The molecule has 7 heteroatoms. The highest BCUT2D eigenvalue weighted by Crippen LogP contribution is 2.25. The molecule has 5 nitrogen and oxygen atoms in total. The summed E-state index contributed by atoms with van der Waals surface area (Å²) in [7, 11) is 0. The van der Waals surface area contributed by atoms with E-state index in [1.54, 1.807) is 12.1 Å². The maximum Gasteiger partial charge on any atom is 0.187 e. The van der Waals surface area contributed by atoms with Gasteiger partial charge in [0.1, 0.15) is 11.5 Å². The van der Waals surface area contributed by atoms with Crippen LogP contribution >= 0.6 is 11.6 Å². The zero-order valence-electron chi connectivity index (χ0n) is 11.1. The SMILES string of the molecule is Cc1cc(N)cc(-c2nnnn2-c2ccc(Cl)cc2F)c1. The summed E-state index contributed by atoms with van der Waals surface area (Å²) in [6.45, 7) is 1.91. The van der Waals surface area contributed by atoms with Crippen LogP contribution in [0.3, 0.4) is 0 Å². The first-order chi connectivity index (χ1) is 10.0. The fourth-order valence-corrected chi connectivity index (χ4v) is 2.28. The smallest absolute Gasteiger partial charge is 0.187 e. The Morgan fingerprint density at radius 3 is 2.71 bits per heavy atom. The van der Waals surface area contributed by atoms with E-state index in [2.05, 4.69) is 15.5 Å². The summed E-state index contributed by atoms with van der Waals surface area (Å²) in [5, 5.41) is 11.7. The van der Waals surface area contributed by atoms with Gasteiger partial charge in [-0.3, -0.25) is 0 Å². The monoisotopic (exact) mass is 303 g/mol. The number of tetrazole rings is 1. The molecule has 106 valence electrons. The lowest BCUT2D eigenvalue weighted by atomic mass is 10.1. The van der Waals surface area contributed by atoms with Gasteiger partial charge in [0.25, 0.3) is 0 Å². The van der Waals surface area contributed by atoms with Crippen molar-refractivity contribution < 1.29 is 4.39 Å². The first-order valence-electron chi connectivity index (χ1n) is 6.16. The predicted octanol–water partition coefficient (Wildman–Crippen LogP) is 3.01. The van der Waals surface area contributed by atoms with Crippen LogP contribution in [-0.2, 0) is 0 Å². The summed E-state index contributed by atoms with van der Waals surface area (Å²) in [4.78, 5) is 0. The fourth-order valence-electron chi connectivity index (χ4n) is 2.12. The molecular formula is C14H11ClFN5. The number of rotatable bonds is 2. The summed E-state index contributed by atoms with van der Waals surface area (Å²) >= 11 is 5.76. The molecule has 0 fully saturated rings. The van der Waals surface area contributed by atoms with Gasteiger partial charge in [0, 0.05) is 16.3 Å². The van der Waals surface area contributed by atoms with Gasteiger partial charge in [-0.2, -0.15) is 4.68 Å². The van der Waals surface area contributed by atoms with Gasteiger partial charge in [0.15, 0.2) is 5.82 Å². The minimum atomic E-state index is -0.503. The van der Waals surface area contributed by atoms with E-state index < -0.39 is 5.82 Å². The van der Waals surface area contributed by atoms with Crippen LogP contribution in [0.1, 0.15) is 5.56 Å². The quantitative estimate of drug-likeness (QED) is 0.739. The van der Waals surface area contributed by atoms with Gasteiger partial charge < -0.3 is 5.73 Å². The lowest BCUT2D eigenvalue weighted by Crippen LogP contribution is -2.03. The van der Waals surface area contributed by atoms with Gasteiger partial charge in [0.05, 0.1) is 0 Å². The highest BCUT2D eigenvalue weighted by atomic mass is 35.5. The highest BCUT2D eigenvalue weighted by Gasteiger charge is 2.15. The topological polar surface area (TPSA) is 69.6 Å². The van der Waals surface area contributed by atoms with Crippen LogP contribution in [0.4, 0.5) is 10.1 Å². The standard InChI is InChI=1S/C14H11ClFN5/c1-8-4-9(6-11(17)5-8)14-18-19-20-21(14)13-3-2-10(15)7-12(13)16/h2-7H,17H2,1H3. The number of hydrogen-bond acceptors (Lipinski definition) is 4. The molecular weight excluding hydrogens is 293 g/mol. The second-order valence-electron chi connectivity index (χ2n) is 4.64. The third-order valence-corrected chi connectivity index (χ3v) is 3.20. The van der Waals surface area contributed by atoms with E-state index in [9.17, 15) is 4.39 Å². The van der Waals surface area contributed by atoms with Crippen LogP contribution in [0.25, 0.3) is 17.1 Å². The first kappa shape index (κ1) is 13.5. The summed E-state index contributed by atoms with van der Waals surface area (Å²) < 4.78 is 15.4. The minimum Gasteiger partial charge on any atom is -0.399 e. The summed E-state index contributed by atoms with van der Waals surface area (Å²) in [5.74, 6) is -0.0942. The molecule has 1 heterocycles. The number of aromatic nitrogens is 4. The lowest BCUT2D eigenvalue weighted by Gasteiger charge is -2.07. The van der Waals surface area contributed by atoms with Gasteiger partial charge >= 0.3 is 0 Å². The Balaban J connectivity index is 2.17. The van der Waals surface area contributed by atoms with Crippen LogP contribution in [0.2, 0.25) is 5.02 Å². The molecule has 0 atom stereocenters. The van der Waals surface area contributed by atoms with E-state index in [4.69, 9.17) is 17.3 Å². The maximum atomic E-state index is 14.0. The van der Waals surface area contributed by atoms with E-state index in [0.717, 1.165) is 5.56 Å². The van der Waals surface area contributed by atoms with Crippen LogP contribution in [0, 0.1) is 12.7 Å². The summed E-state index contributed by atoms with van der Waals surface area (Å²) in [6.07, 6.45) is 0. The van der Waals surface area contributed by atoms with E-state index in [1.165, 1.54) is 16.8 Å². The van der Waals surface area contributed by atoms with Crippen molar-refractivity contribution in [3.63, 3.8) is 0 Å². The van der Waals surface area contributed by atoms with Crippen LogP contribution in [0.15, 0.2) is 36.4 Å². The van der Waals surface area contributed by atoms with E-state index in [-0.39, 0.29) is 5.69 Å². The molecule has 3 rings (SSSR count). The minimum absolute atomic E-state index is 0.222. The summed E-state index contributed by atoms with van der Waals surface area (Å²) in [5.41, 5.74) is 8.33. The van der Waals surface area contributed by atoms with Crippen molar-refractivity contribution in [3.8, 4) is 17.1 Å². The number of nitrogens with zero attached hydrogens (tertiary/aromatic N) is 4. The van der Waals surface area contributed by atoms with Gasteiger partial charge in [-0.15, -0.1) is 5.10 Å². The zero-order valence-corrected chi connectivity index (χ0v) is 11.8. The van der Waals surface area contributed by atoms with Crippen molar-refractivity contribution in [2.75, 3.05) is 5.73 Å². The first-order valence-corrected chi connectivity index (χ1v) is 6.54.